The summed E-state index contributed by atoms with van der Waals surface area (Å²) < 4.78 is 13.2. The largest absolute Gasteiger partial charge is 0.494 e. The van der Waals surface area contributed by atoms with Gasteiger partial charge in [-0.25, -0.2) is 15.0 Å². The highest BCUT2D eigenvalue weighted by atomic mass is 16.5. The van der Waals surface area contributed by atoms with Crippen LogP contribution >= 0.6 is 0 Å². The number of aryl methyl sites for hydroxylation is 1. The first-order valence-electron chi connectivity index (χ1n) is 11.3. The van der Waals surface area contributed by atoms with E-state index in [2.05, 4.69) is 10.3 Å². The van der Waals surface area contributed by atoms with Gasteiger partial charge in [-0.1, -0.05) is 0 Å². The molecule has 1 fully saturated rings. The van der Waals surface area contributed by atoms with Crippen molar-refractivity contribution in [1.82, 2.24) is 24.4 Å². The molecule has 9 nitrogen and oxygen atoms in total. The minimum absolute atomic E-state index is 0.229. The number of benzene rings is 1. The molecule has 2 aliphatic rings. The van der Waals surface area contributed by atoms with Crippen molar-refractivity contribution in [2.75, 3.05) is 32.1 Å². The summed E-state index contributed by atoms with van der Waals surface area (Å²) in [7, 11) is 1.65. The Balaban J connectivity index is 1.40. The molecule has 0 aliphatic carbocycles. The van der Waals surface area contributed by atoms with Crippen molar-refractivity contribution in [2.45, 2.75) is 39.2 Å². The van der Waals surface area contributed by atoms with E-state index < -0.39 is 0 Å². The third kappa shape index (κ3) is 4.54. The number of aromatic nitrogens is 4. The molecule has 4 heterocycles. The number of carbonyl (C=O) groups is 1. The van der Waals surface area contributed by atoms with Crippen LogP contribution in [0.15, 0.2) is 30.7 Å². The zero-order valence-electron chi connectivity index (χ0n) is 19.0. The Labute approximate surface area is 192 Å². The Morgan fingerprint density at radius 2 is 2.15 bits per heavy atom. The quantitative estimate of drug-likeness (QED) is 0.594. The van der Waals surface area contributed by atoms with Gasteiger partial charge in [0.1, 0.15) is 5.75 Å². The van der Waals surface area contributed by atoms with E-state index in [1.165, 1.54) is 0 Å². The molecule has 0 spiro atoms. The number of nitrogens with one attached hydrogen (secondary N) is 1. The SMILES string of the molecule is COc1cc(Nc2nc3c(c(CCN4CCCC4=O)n2)COCC3)ccc1-n1cnc(C)c1. The van der Waals surface area contributed by atoms with Gasteiger partial charge in [0.2, 0.25) is 11.9 Å². The molecule has 0 radical (unpaired) electrons. The molecule has 2 aliphatic heterocycles. The molecule has 9 heteroatoms. The van der Waals surface area contributed by atoms with Crippen LogP contribution in [-0.2, 0) is 29.0 Å². The van der Waals surface area contributed by atoms with Crippen LogP contribution in [0, 0.1) is 6.92 Å². The topological polar surface area (TPSA) is 94.4 Å². The van der Waals surface area contributed by atoms with Gasteiger partial charge < -0.3 is 24.3 Å². The predicted octanol–water partition coefficient (Wildman–Crippen LogP) is 2.96. The Morgan fingerprint density at radius 1 is 1.24 bits per heavy atom. The lowest BCUT2D eigenvalue weighted by atomic mass is 10.1. The summed E-state index contributed by atoms with van der Waals surface area (Å²) in [6.45, 7) is 4.63. The van der Waals surface area contributed by atoms with E-state index in [9.17, 15) is 4.79 Å². The molecule has 172 valence electrons. The van der Waals surface area contributed by atoms with Crippen LogP contribution in [0.4, 0.5) is 11.6 Å². The number of hydrogen-bond acceptors (Lipinski definition) is 7. The Morgan fingerprint density at radius 3 is 2.91 bits per heavy atom. The zero-order valence-corrected chi connectivity index (χ0v) is 19.0. The molecule has 2 aromatic heterocycles. The number of nitrogens with zero attached hydrogens (tertiary/aromatic N) is 5. The van der Waals surface area contributed by atoms with Crippen LogP contribution in [0.2, 0.25) is 0 Å². The number of hydrogen-bond donors (Lipinski definition) is 1. The number of fused-ring (bicyclic) bond motifs is 1. The second kappa shape index (κ2) is 9.19. The molecule has 1 N–H and O–H groups in total. The highest BCUT2D eigenvalue weighted by molar-refractivity contribution is 5.78. The van der Waals surface area contributed by atoms with E-state index in [0.717, 1.165) is 59.2 Å². The maximum Gasteiger partial charge on any atom is 0.227 e. The Bertz CT molecular complexity index is 1180. The molecular formula is C24H28N6O3. The number of carbonyl (C=O) groups excluding carboxylic acids is 1. The summed E-state index contributed by atoms with van der Waals surface area (Å²) >= 11 is 0. The lowest BCUT2D eigenvalue weighted by Crippen LogP contribution is -2.28. The summed E-state index contributed by atoms with van der Waals surface area (Å²) in [6, 6.07) is 5.88. The van der Waals surface area contributed by atoms with Crippen molar-refractivity contribution in [1.29, 1.82) is 0 Å². The van der Waals surface area contributed by atoms with Crippen LogP contribution in [0.3, 0.4) is 0 Å². The second-order valence-electron chi connectivity index (χ2n) is 8.39. The van der Waals surface area contributed by atoms with Gasteiger partial charge in [0.05, 0.1) is 49.4 Å². The van der Waals surface area contributed by atoms with Crippen LogP contribution in [-0.4, -0.2) is 57.1 Å². The molecule has 1 aromatic carbocycles. The summed E-state index contributed by atoms with van der Waals surface area (Å²) in [4.78, 5) is 27.8. The van der Waals surface area contributed by atoms with Gasteiger partial charge in [-0.3, -0.25) is 4.79 Å². The standard InChI is InChI=1S/C24H28N6O3/c1-16-13-30(15-25-16)21-6-5-17(12-22(21)32-2)26-24-27-19(7-10-29-9-3-4-23(29)31)18-14-33-11-8-20(18)28-24/h5-6,12-13,15H,3-4,7-11,14H2,1-2H3,(H,26,27,28). The molecule has 3 aromatic rings. The van der Waals surface area contributed by atoms with Gasteiger partial charge in [-0.15, -0.1) is 0 Å². The number of imidazole rings is 1. The van der Waals surface area contributed by atoms with Crippen LogP contribution in [0.1, 0.15) is 35.5 Å². The van der Waals surface area contributed by atoms with E-state index in [1.807, 2.05) is 40.8 Å². The van der Waals surface area contributed by atoms with Gasteiger partial charge in [0.15, 0.2) is 0 Å². The highest BCUT2D eigenvalue weighted by Crippen LogP contribution is 2.29. The minimum Gasteiger partial charge on any atom is -0.494 e. The molecule has 0 atom stereocenters. The third-order valence-electron chi connectivity index (χ3n) is 6.12. The fourth-order valence-corrected chi connectivity index (χ4v) is 4.39. The molecule has 1 saturated heterocycles. The van der Waals surface area contributed by atoms with Gasteiger partial charge >= 0.3 is 0 Å². The van der Waals surface area contributed by atoms with E-state index in [4.69, 9.17) is 19.4 Å². The molecule has 33 heavy (non-hydrogen) atoms. The van der Waals surface area contributed by atoms with Gasteiger partial charge in [0, 0.05) is 55.9 Å². The van der Waals surface area contributed by atoms with Crippen molar-refractivity contribution in [3.63, 3.8) is 0 Å². The number of methoxy groups -OCH3 is 1. The average Bonchev–Trinajstić information content (AvgIpc) is 3.45. The normalized spacial score (nSPS) is 15.6. The maximum atomic E-state index is 12.0. The van der Waals surface area contributed by atoms with Gasteiger partial charge in [-0.2, -0.15) is 0 Å². The van der Waals surface area contributed by atoms with E-state index in [1.54, 1.807) is 13.4 Å². The van der Waals surface area contributed by atoms with Crippen molar-refractivity contribution in [3.05, 3.63) is 53.4 Å². The lowest BCUT2D eigenvalue weighted by Gasteiger charge is -2.22. The number of amides is 1. The molecule has 0 saturated carbocycles. The van der Waals surface area contributed by atoms with E-state index in [-0.39, 0.29) is 5.91 Å². The smallest absolute Gasteiger partial charge is 0.227 e. The molecular weight excluding hydrogens is 420 g/mol. The first-order valence-corrected chi connectivity index (χ1v) is 11.3. The van der Waals surface area contributed by atoms with Gasteiger partial charge in [0.25, 0.3) is 0 Å². The van der Waals surface area contributed by atoms with Crippen LogP contribution in [0.25, 0.3) is 5.69 Å². The monoisotopic (exact) mass is 448 g/mol. The van der Waals surface area contributed by atoms with Crippen molar-refractivity contribution in [3.8, 4) is 11.4 Å². The minimum atomic E-state index is 0.229. The predicted molar refractivity (Wildman–Crippen MR) is 123 cm³/mol. The summed E-state index contributed by atoms with van der Waals surface area (Å²) in [5.74, 6) is 1.50. The van der Waals surface area contributed by atoms with Crippen LogP contribution < -0.4 is 10.1 Å². The summed E-state index contributed by atoms with van der Waals surface area (Å²) in [5.41, 5.74) is 5.69. The molecule has 5 rings (SSSR count). The Hall–Kier alpha value is -3.46. The summed E-state index contributed by atoms with van der Waals surface area (Å²) in [6.07, 6.45) is 6.76. The first-order chi connectivity index (χ1) is 16.1. The number of likely N-dealkylation sites (tertiary alicyclic amines) is 1. The number of ether oxygens (including phenoxy) is 2. The highest BCUT2D eigenvalue weighted by Gasteiger charge is 2.23. The Kier molecular flexibility index (Phi) is 5.95. The van der Waals surface area contributed by atoms with Crippen LogP contribution in [0.5, 0.6) is 5.75 Å². The fourth-order valence-electron chi connectivity index (χ4n) is 4.39. The van der Waals surface area contributed by atoms with Gasteiger partial charge in [-0.05, 0) is 25.5 Å². The third-order valence-corrected chi connectivity index (χ3v) is 6.12. The van der Waals surface area contributed by atoms with E-state index in [0.29, 0.717) is 38.5 Å². The van der Waals surface area contributed by atoms with E-state index >= 15 is 0 Å². The first kappa shape index (κ1) is 21.4. The van der Waals surface area contributed by atoms with Crippen molar-refractivity contribution < 1.29 is 14.3 Å². The number of anilines is 2. The van der Waals surface area contributed by atoms with Crippen molar-refractivity contribution in [2.24, 2.45) is 0 Å². The second-order valence-corrected chi connectivity index (χ2v) is 8.39. The fraction of sp³-hybridized carbons (Fsp3) is 0.417. The molecule has 1 amide bonds. The maximum absolute atomic E-state index is 12.0. The average molecular weight is 449 g/mol. The summed E-state index contributed by atoms with van der Waals surface area (Å²) in [5, 5.41) is 3.34. The number of rotatable bonds is 7. The molecule has 0 unspecified atom stereocenters. The van der Waals surface area contributed by atoms with Crippen molar-refractivity contribution >= 4 is 17.5 Å². The molecule has 0 bridgehead atoms. The zero-order chi connectivity index (χ0) is 22.8. The lowest BCUT2D eigenvalue weighted by molar-refractivity contribution is -0.127.